The molecule has 7 heteroatoms. The van der Waals surface area contributed by atoms with Crippen LogP contribution in [0, 0.1) is 5.82 Å². The molecule has 0 saturated carbocycles. The van der Waals surface area contributed by atoms with E-state index in [0.717, 1.165) is 11.3 Å². The van der Waals surface area contributed by atoms with Crippen molar-refractivity contribution in [3.05, 3.63) is 65.8 Å². The first-order chi connectivity index (χ1) is 11.2. The van der Waals surface area contributed by atoms with Crippen molar-refractivity contribution >= 4 is 39.5 Å². The molecule has 3 N–H and O–H groups in total. The zero-order valence-corrected chi connectivity index (χ0v) is 13.5. The third-order valence-electron chi connectivity index (χ3n) is 2.98. The van der Waals surface area contributed by atoms with Crippen LogP contribution >= 0.6 is 23.6 Å². The summed E-state index contributed by atoms with van der Waals surface area (Å²) in [5.41, 5.74) is 7.94. The number of thiazole rings is 1. The van der Waals surface area contributed by atoms with Crippen molar-refractivity contribution in [2.75, 3.05) is 10.7 Å². The van der Waals surface area contributed by atoms with Crippen molar-refractivity contribution in [2.24, 2.45) is 0 Å². The van der Waals surface area contributed by atoms with Gasteiger partial charge in [0.1, 0.15) is 5.82 Å². The normalized spacial score (nSPS) is 10.1. The van der Waals surface area contributed by atoms with E-state index in [1.807, 2.05) is 35.7 Å². The van der Waals surface area contributed by atoms with Gasteiger partial charge in [0.15, 0.2) is 5.11 Å². The zero-order chi connectivity index (χ0) is 16.1. The van der Waals surface area contributed by atoms with Gasteiger partial charge in [-0.25, -0.2) is 9.37 Å². The largest absolute Gasteiger partial charge is 0.329 e. The third kappa shape index (κ3) is 4.02. The van der Waals surface area contributed by atoms with Crippen molar-refractivity contribution in [3.8, 4) is 11.3 Å². The van der Waals surface area contributed by atoms with E-state index in [4.69, 9.17) is 12.2 Å². The van der Waals surface area contributed by atoms with Gasteiger partial charge < -0.3 is 5.32 Å². The molecule has 0 aliphatic rings. The first-order valence-corrected chi connectivity index (χ1v) is 8.09. The molecule has 1 heterocycles. The molecule has 4 nitrogen and oxygen atoms in total. The Morgan fingerprint density at radius 2 is 1.78 bits per heavy atom. The minimum absolute atomic E-state index is 0.256. The highest BCUT2D eigenvalue weighted by Gasteiger charge is 2.05. The fraction of sp³-hybridized carbons (Fsp3) is 0. The molecule has 3 rings (SSSR count). The van der Waals surface area contributed by atoms with Crippen LogP contribution < -0.4 is 16.2 Å². The maximum atomic E-state index is 13.5. The Morgan fingerprint density at radius 1 is 1.04 bits per heavy atom. The van der Waals surface area contributed by atoms with Gasteiger partial charge in [0.05, 0.1) is 11.4 Å². The van der Waals surface area contributed by atoms with Crippen LogP contribution in [0.5, 0.6) is 0 Å². The molecule has 2 aromatic carbocycles. The van der Waals surface area contributed by atoms with Crippen molar-refractivity contribution in [2.45, 2.75) is 0 Å². The lowest BCUT2D eigenvalue weighted by molar-refractivity contribution is 0.632. The van der Waals surface area contributed by atoms with E-state index >= 15 is 0 Å². The summed E-state index contributed by atoms with van der Waals surface area (Å²) in [6.45, 7) is 0. The molecule has 116 valence electrons. The molecule has 0 amide bonds. The standard InChI is InChI=1S/C16H13FN4S2/c17-12-8-4-5-9-13(12)18-15(22)20-21-16-19-14(10-23-16)11-6-2-1-3-7-11/h1-10H,(H,19,21)(H2,18,20,22). The highest BCUT2D eigenvalue weighted by molar-refractivity contribution is 7.80. The summed E-state index contributed by atoms with van der Waals surface area (Å²) in [5, 5.41) is 5.65. The Bertz CT molecular complexity index is 805. The molecule has 0 atom stereocenters. The molecule has 0 radical (unpaired) electrons. The minimum Gasteiger partial charge on any atom is -0.329 e. The van der Waals surface area contributed by atoms with E-state index in [2.05, 4.69) is 21.2 Å². The van der Waals surface area contributed by atoms with Crippen LogP contribution in [0.2, 0.25) is 0 Å². The number of nitrogens with zero attached hydrogens (tertiary/aromatic N) is 1. The number of hydrazine groups is 1. The van der Waals surface area contributed by atoms with E-state index < -0.39 is 0 Å². The van der Waals surface area contributed by atoms with Crippen LogP contribution in [0.1, 0.15) is 0 Å². The van der Waals surface area contributed by atoms with Crippen molar-refractivity contribution in [1.82, 2.24) is 10.4 Å². The number of aromatic nitrogens is 1. The van der Waals surface area contributed by atoms with Crippen molar-refractivity contribution < 1.29 is 4.39 Å². The van der Waals surface area contributed by atoms with Crippen LogP contribution in [0.25, 0.3) is 11.3 Å². The first-order valence-electron chi connectivity index (χ1n) is 6.81. The molecule has 23 heavy (non-hydrogen) atoms. The second-order valence-corrected chi connectivity index (χ2v) is 5.85. The maximum Gasteiger partial charge on any atom is 0.202 e. The lowest BCUT2D eigenvalue weighted by Crippen LogP contribution is -2.33. The second-order valence-electron chi connectivity index (χ2n) is 4.59. The third-order valence-corrected chi connectivity index (χ3v) is 3.94. The number of anilines is 2. The summed E-state index contributed by atoms with van der Waals surface area (Å²) in [7, 11) is 0. The highest BCUT2D eigenvalue weighted by atomic mass is 32.1. The van der Waals surface area contributed by atoms with E-state index in [0.29, 0.717) is 10.8 Å². The van der Waals surface area contributed by atoms with E-state index in [1.54, 1.807) is 18.2 Å². The van der Waals surface area contributed by atoms with Gasteiger partial charge in [-0.15, -0.1) is 11.3 Å². The van der Waals surface area contributed by atoms with E-state index in [9.17, 15) is 4.39 Å². The van der Waals surface area contributed by atoms with Gasteiger partial charge in [-0.1, -0.05) is 42.5 Å². The summed E-state index contributed by atoms with van der Waals surface area (Å²) in [4.78, 5) is 4.46. The molecule has 0 bridgehead atoms. The maximum absolute atomic E-state index is 13.5. The van der Waals surface area contributed by atoms with Crippen LogP contribution in [-0.4, -0.2) is 10.1 Å². The fourth-order valence-corrected chi connectivity index (χ4v) is 2.73. The van der Waals surface area contributed by atoms with Crippen molar-refractivity contribution in [3.63, 3.8) is 0 Å². The predicted molar refractivity (Wildman–Crippen MR) is 96.9 cm³/mol. The number of para-hydroxylation sites is 1. The van der Waals surface area contributed by atoms with Gasteiger partial charge >= 0.3 is 0 Å². The second kappa shape index (κ2) is 7.17. The number of thiocarbonyl (C=S) groups is 1. The summed E-state index contributed by atoms with van der Waals surface area (Å²) >= 11 is 6.57. The molecular weight excluding hydrogens is 331 g/mol. The summed E-state index contributed by atoms with van der Waals surface area (Å²) in [5.74, 6) is -0.364. The summed E-state index contributed by atoms with van der Waals surface area (Å²) in [6.07, 6.45) is 0. The first kappa shape index (κ1) is 15.4. The molecule has 0 aliphatic heterocycles. The molecule has 0 fully saturated rings. The minimum atomic E-state index is -0.364. The van der Waals surface area contributed by atoms with Gasteiger partial charge in [-0.3, -0.25) is 10.9 Å². The molecule has 0 spiro atoms. The molecule has 3 aromatic rings. The topological polar surface area (TPSA) is 49.0 Å². The Hall–Kier alpha value is -2.51. The highest BCUT2D eigenvalue weighted by Crippen LogP contribution is 2.24. The Kier molecular flexibility index (Phi) is 4.80. The van der Waals surface area contributed by atoms with Crippen molar-refractivity contribution in [1.29, 1.82) is 0 Å². The average molecular weight is 344 g/mol. The van der Waals surface area contributed by atoms with Crippen LogP contribution in [-0.2, 0) is 0 Å². The Balaban J connectivity index is 1.58. The number of rotatable bonds is 4. The number of benzene rings is 2. The Labute approximate surface area is 142 Å². The number of halogens is 1. The van der Waals surface area contributed by atoms with Gasteiger partial charge in [0, 0.05) is 10.9 Å². The van der Waals surface area contributed by atoms with E-state index in [-0.39, 0.29) is 10.9 Å². The fourth-order valence-electron chi connectivity index (χ4n) is 1.90. The SMILES string of the molecule is Fc1ccccc1NC(=S)NNc1nc(-c2ccccc2)cs1. The van der Waals surface area contributed by atoms with Crippen LogP contribution in [0.4, 0.5) is 15.2 Å². The molecule has 0 aliphatic carbocycles. The average Bonchev–Trinajstić information content (AvgIpc) is 3.05. The van der Waals surface area contributed by atoms with Gasteiger partial charge in [-0.2, -0.15) is 0 Å². The monoisotopic (exact) mass is 344 g/mol. The molecule has 0 saturated heterocycles. The Morgan fingerprint density at radius 3 is 2.57 bits per heavy atom. The zero-order valence-electron chi connectivity index (χ0n) is 11.9. The molecular formula is C16H13FN4S2. The quantitative estimate of drug-likeness (QED) is 0.488. The molecule has 0 unspecified atom stereocenters. The van der Waals surface area contributed by atoms with Gasteiger partial charge in [-0.05, 0) is 24.4 Å². The lowest BCUT2D eigenvalue weighted by Gasteiger charge is -2.11. The van der Waals surface area contributed by atoms with E-state index in [1.165, 1.54) is 17.4 Å². The van der Waals surface area contributed by atoms with Crippen LogP contribution in [0.3, 0.4) is 0 Å². The number of hydrogen-bond acceptors (Lipinski definition) is 4. The molecule has 1 aromatic heterocycles. The predicted octanol–water partition coefficient (Wildman–Crippen LogP) is 4.26. The summed E-state index contributed by atoms with van der Waals surface area (Å²) < 4.78 is 13.5. The number of hydrogen-bond donors (Lipinski definition) is 3. The smallest absolute Gasteiger partial charge is 0.202 e. The summed E-state index contributed by atoms with van der Waals surface area (Å²) in [6, 6.07) is 16.2. The lowest BCUT2D eigenvalue weighted by atomic mass is 10.2. The van der Waals surface area contributed by atoms with Gasteiger partial charge in [0.25, 0.3) is 0 Å². The number of nitrogens with one attached hydrogen (secondary N) is 3. The van der Waals surface area contributed by atoms with Gasteiger partial charge in [0.2, 0.25) is 5.13 Å². The van der Waals surface area contributed by atoms with Crippen LogP contribution in [0.15, 0.2) is 60.0 Å².